The van der Waals surface area contributed by atoms with Crippen molar-refractivity contribution in [1.82, 2.24) is 4.90 Å². The smallest absolute Gasteiger partial charge is 0.326 e. The molecular weight excluding hydrogens is 293 g/mol. The van der Waals surface area contributed by atoms with E-state index in [-0.39, 0.29) is 11.7 Å². The lowest BCUT2D eigenvalue weighted by atomic mass is 10.0. The highest BCUT2D eigenvalue weighted by molar-refractivity contribution is 7.97. The second-order valence-corrected chi connectivity index (χ2v) is 5.95. The first-order chi connectivity index (χ1) is 10.0. The van der Waals surface area contributed by atoms with Crippen LogP contribution < -0.4 is 0 Å². The average molecular weight is 311 g/mol. The SMILES string of the molecule is CSCc1cc(C(=O)N2CCCCC2C(=O)O)ccc1F. The summed E-state index contributed by atoms with van der Waals surface area (Å²) >= 11 is 1.47. The van der Waals surface area contributed by atoms with E-state index in [1.165, 1.54) is 34.9 Å². The fourth-order valence-electron chi connectivity index (χ4n) is 2.57. The summed E-state index contributed by atoms with van der Waals surface area (Å²) in [6.07, 6.45) is 3.94. The highest BCUT2D eigenvalue weighted by Gasteiger charge is 2.32. The van der Waals surface area contributed by atoms with Gasteiger partial charge >= 0.3 is 5.97 Å². The molecule has 0 spiro atoms. The van der Waals surface area contributed by atoms with Crippen molar-refractivity contribution in [3.05, 3.63) is 35.1 Å². The van der Waals surface area contributed by atoms with Crippen molar-refractivity contribution in [2.45, 2.75) is 31.1 Å². The van der Waals surface area contributed by atoms with Crippen molar-refractivity contribution in [3.63, 3.8) is 0 Å². The summed E-state index contributed by atoms with van der Waals surface area (Å²) in [6, 6.07) is 3.45. The minimum Gasteiger partial charge on any atom is -0.480 e. The monoisotopic (exact) mass is 311 g/mol. The molecule has 0 aromatic heterocycles. The van der Waals surface area contributed by atoms with Gasteiger partial charge in [-0.05, 0) is 49.3 Å². The standard InChI is InChI=1S/C15H18FNO3S/c1-21-9-11-8-10(5-6-12(11)16)14(18)17-7-3-2-4-13(17)15(19)20/h5-6,8,13H,2-4,7,9H2,1H3,(H,19,20). The van der Waals surface area contributed by atoms with Gasteiger partial charge in [0, 0.05) is 17.9 Å². The van der Waals surface area contributed by atoms with E-state index in [2.05, 4.69) is 0 Å². The molecule has 1 aromatic carbocycles. The maximum atomic E-state index is 13.6. The molecule has 0 aliphatic carbocycles. The van der Waals surface area contributed by atoms with Crippen LogP contribution >= 0.6 is 11.8 Å². The fraction of sp³-hybridized carbons (Fsp3) is 0.467. The average Bonchev–Trinajstić information content (AvgIpc) is 2.49. The summed E-state index contributed by atoms with van der Waals surface area (Å²) in [7, 11) is 0. The summed E-state index contributed by atoms with van der Waals surface area (Å²) in [4.78, 5) is 25.2. The second-order valence-electron chi connectivity index (χ2n) is 5.09. The molecule has 1 fully saturated rings. The largest absolute Gasteiger partial charge is 0.480 e. The first-order valence-electron chi connectivity index (χ1n) is 6.85. The van der Waals surface area contributed by atoms with Crippen molar-refractivity contribution in [2.75, 3.05) is 12.8 Å². The zero-order chi connectivity index (χ0) is 15.4. The number of benzene rings is 1. The number of carboxylic acid groups (broad SMARTS) is 1. The predicted octanol–water partition coefficient (Wildman–Crippen LogP) is 2.77. The summed E-state index contributed by atoms with van der Waals surface area (Å²) in [5, 5.41) is 9.23. The van der Waals surface area contributed by atoms with Gasteiger partial charge in [-0.25, -0.2) is 9.18 Å². The molecule has 0 bridgehead atoms. The molecule has 1 amide bonds. The van der Waals surface area contributed by atoms with Gasteiger partial charge in [0.15, 0.2) is 0 Å². The van der Waals surface area contributed by atoms with Crippen LogP contribution in [0.1, 0.15) is 35.2 Å². The van der Waals surface area contributed by atoms with Gasteiger partial charge in [-0.2, -0.15) is 11.8 Å². The quantitative estimate of drug-likeness (QED) is 0.929. The van der Waals surface area contributed by atoms with E-state index in [1.807, 2.05) is 6.26 Å². The minimum absolute atomic E-state index is 0.329. The number of halogens is 1. The third-order valence-corrected chi connectivity index (χ3v) is 4.24. The maximum absolute atomic E-state index is 13.6. The Kier molecular flexibility index (Phi) is 5.22. The van der Waals surface area contributed by atoms with E-state index in [4.69, 9.17) is 0 Å². The lowest BCUT2D eigenvalue weighted by Crippen LogP contribution is -2.48. The zero-order valence-electron chi connectivity index (χ0n) is 11.8. The van der Waals surface area contributed by atoms with Gasteiger partial charge in [-0.3, -0.25) is 4.79 Å². The van der Waals surface area contributed by atoms with Gasteiger partial charge in [0.05, 0.1) is 0 Å². The first-order valence-corrected chi connectivity index (χ1v) is 8.25. The van der Waals surface area contributed by atoms with Crippen LogP contribution in [-0.2, 0) is 10.5 Å². The number of piperidine rings is 1. The van der Waals surface area contributed by atoms with E-state index in [0.29, 0.717) is 29.8 Å². The van der Waals surface area contributed by atoms with Crippen molar-refractivity contribution >= 4 is 23.6 Å². The molecule has 1 heterocycles. The van der Waals surface area contributed by atoms with E-state index in [1.54, 1.807) is 0 Å². The number of carboxylic acids is 1. The Hall–Kier alpha value is -1.56. The normalized spacial score (nSPS) is 18.6. The highest BCUT2D eigenvalue weighted by atomic mass is 32.2. The van der Waals surface area contributed by atoms with Crippen LogP contribution in [0.2, 0.25) is 0 Å². The molecule has 4 nitrogen and oxygen atoms in total. The van der Waals surface area contributed by atoms with Gasteiger partial charge in [-0.1, -0.05) is 0 Å². The highest BCUT2D eigenvalue weighted by Crippen LogP contribution is 2.22. The van der Waals surface area contributed by atoms with E-state index in [0.717, 1.165) is 12.8 Å². The molecule has 1 aliphatic rings. The van der Waals surface area contributed by atoms with Gasteiger partial charge in [0.25, 0.3) is 5.91 Å². The van der Waals surface area contributed by atoms with Crippen molar-refractivity contribution in [2.24, 2.45) is 0 Å². The Balaban J connectivity index is 2.25. The summed E-state index contributed by atoms with van der Waals surface area (Å²) in [5.74, 6) is -1.16. The van der Waals surface area contributed by atoms with Crippen molar-refractivity contribution in [3.8, 4) is 0 Å². The molecule has 1 aromatic rings. The molecule has 0 radical (unpaired) electrons. The molecule has 6 heteroatoms. The molecule has 1 saturated heterocycles. The third kappa shape index (κ3) is 3.56. The molecule has 1 unspecified atom stereocenters. The van der Waals surface area contributed by atoms with Crippen LogP contribution in [0.15, 0.2) is 18.2 Å². The molecule has 0 saturated carbocycles. The van der Waals surface area contributed by atoms with Gasteiger partial charge in [0.1, 0.15) is 11.9 Å². The lowest BCUT2D eigenvalue weighted by Gasteiger charge is -2.33. The van der Waals surface area contributed by atoms with Crippen LogP contribution in [0, 0.1) is 5.82 Å². The van der Waals surface area contributed by atoms with Crippen molar-refractivity contribution < 1.29 is 19.1 Å². The van der Waals surface area contributed by atoms with Crippen LogP contribution in [0.3, 0.4) is 0 Å². The number of rotatable bonds is 4. The Morgan fingerprint density at radius 3 is 2.86 bits per heavy atom. The Labute approximate surface area is 127 Å². The number of thioether (sulfide) groups is 1. The number of carbonyl (C=O) groups excluding carboxylic acids is 1. The van der Waals surface area contributed by atoms with Crippen LogP contribution in [-0.4, -0.2) is 40.7 Å². The number of nitrogens with zero attached hydrogens (tertiary/aromatic N) is 1. The number of aliphatic carboxylic acids is 1. The number of hydrogen-bond acceptors (Lipinski definition) is 3. The van der Waals surface area contributed by atoms with E-state index >= 15 is 0 Å². The fourth-order valence-corrected chi connectivity index (χ4v) is 3.10. The molecular formula is C15H18FNO3S. The Morgan fingerprint density at radius 1 is 1.43 bits per heavy atom. The van der Waals surface area contributed by atoms with Gasteiger partial charge in [-0.15, -0.1) is 0 Å². The van der Waals surface area contributed by atoms with Crippen LogP contribution in [0.4, 0.5) is 4.39 Å². The Bertz CT molecular complexity index is 550. The summed E-state index contributed by atoms with van der Waals surface area (Å²) in [6.45, 7) is 0.436. The molecule has 2 rings (SSSR count). The topological polar surface area (TPSA) is 57.6 Å². The maximum Gasteiger partial charge on any atom is 0.326 e. The molecule has 1 N–H and O–H groups in total. The number of likely N-dealkylation sites (tertiary alicyclic amines) is 1. The number of amides is 1. The van der Waals surface area contributed by atoms with Gasteiger partial charge in [0.2, 0.25) is 0 Å². The molecule has 21 heavy (non-hydrogen) atoms. The minimum atomic E-state index is -0.977. The van der Waals surface area contributed by atoms with Gasteiger partial charge < -0.3 is 10.0 Å². The number of carbonyl (C=O) groups is 2. The molecule has 1 atom stereocenters. The lowest BCUT2D eigenvalue weighted by molar-refractivity contribution is -0.143. The Morgan fingerprint density at radius 2 is 2.19 bits per heavy atom. The summed E-state index contributed by atoms with van der Waals surface area (Å²) < 4.78 is 13.6. The first kappa shape index (κ1) is 15.8. The van der Waals surface area contributed by atoms with Crippen LogP contribution in [0.5, 0.6) is 0 Å². The third-order valence-electron chi connectivity index (χ3n) is 3.64. The van der Waals surface area contributed by atoms with Crippen molar-refractivity contribution in [1.29, 1.82) is 0 Å². The molecule has 114 valence electrons. The van der Waals surface area contributed by atoms with Crippen LogP contribution in [0.25, 0.3) is 0 Å². The summed E-state index contributed by atoms with van der Waals surface area (Å²) in [5.41, 5.74) is 0.825. The second kappa shape index (κ2) is 6.93. The molecule has 1 aliphatic heterocycles. The zero-order valence-corrected chi connectivity index (χ0v) is 12.7. The van der Waals surface area contributed by atoms with E-state index < -0.39 is 12.0 Å². The predicted molar refractivity (Wildman–Crippen MR) is 79.9 cm³/mol. The number of hydrogen-bond donors (Lipinski definition) is 1. The van der Waals surface area contributed by atoms with E-state index in [9.17, 15) is 19.1 Å².